The largest absolute Gasteiger partial charge is 0.399 e. The van der Waals surface area contributed by atoms with Crippen LogP contribution in [0.15, 0.2) is 36.4 Å². The number of benzene rings is 2. The summed E-state index contributed by atoms with van der Waals surface area (Å²) in [4.78, 5) is 0. The normalized spacial score (nSPS) is 10.3. The van der Waals surface area contributed by atoms with Crippen LogP contribution in [0.25, 0.3) is 0 Å². The van der Waals surface area contributed by atoms with E-state index in [0.29, 0.717) is 0 Å². The molecule has 0 aliphatic carbocycles. The first kappa shape index (κ1) is 12.2. The van der Waals surface area contributed by atoms with Crippen LogP contribution in [0.4, 0.5) is 17.1 Å². The SMILES string of the molecule is Cc1cc(Nc2cccc(I)c2C)ccc1N. The monoisotopic (exact) mass is 338 g/mol. The highest BCUT2D eigenvalue weighted by molar-refractivity contribution is 14.1. The van der Waals surface area contributed by atoms with Crippen LogP contribution in [0.2, 0.25) is 0 Å². The first-order valence-electron chi connectivity index (χ1n) is 5.46. The molecular weight excluding hydrogens is 323 g/mol. The molecule has 0 saturated carbocycles. The third kappa shape index (κ3) is 2.72. The average Bonchev–Trinajstić information content (AvgIpc) is 2.30. The van der Waals surface area contributed by atoms with Gasteiger partial charge in [-0.25, -0.2) is 0 Å². The predicted molar refractivity (Wildman–Crippen MR) is 82.8 cm³/mol. The molecule has 0 amide bonds. The van der Waals surface area contributed by atoms with E-state index >= 15 is 0 Å². The Labute approximate surface area is 115 Å². The van der Waals surface area contributed by atoms with Gasteiger partial charge in [0.25, 0.3) is 0 Å². The standard InChI is InChI=1S/C14H15IN2/c1-9-8-11(6-7-13(9)16)17-14-5-3-4-12(15)10(14)2/h3-8,17H,16H2,1-2H3. The second kappa shape index (κ2) is 4.96. The fourth-order valence-corrected chi connectivity index (χ4v) is 2.15. The van der Waals surface area contributed by atoms with Crippen molar-refractivity contribution < 1.29 is 0 Å². The Hall–Kier alpha value is -1.23. The maximum absolute atomic E-state index is 5.81. The van der Waals surface area contributed by atoms with Crippen LogP contribution in [0.3, 0.4) is 0 Å². The summed E-state index contributed by atoms with van der Waals surface area (Å²) in [5, 5.41) is 3.42. The van der Waals surface area contributed by atoms with Crippen LogP contribution in [-0.2, 0) is 0 Å². The Kier molecular flexibility index (Phi) is 3.57. The summed E-state index contributed by atoms with van der Waals surface area (Å²) in [5.41, 5.74) is 11.2. The Morgan fingerprint density at radius 1 is 1.12 bits per heavy atom. The van der Waals surface area contributed by atoms with E-state index < -0.39 is 0 Å². The maximum atomic E-state index is 5.81. The Balaban J connectivity index is 2.31. The van der Waals surface area contributed by atoms with Crippen molar-refractivity contribution in [3.05, 3.63) is 51.1 Å². The zero-order valence-corrected chi connectivity index (χ0v) is 12.1. The van der Waals surface area contributed by atoms with Crippen molar-refractivity contribution in [1.82, 2.24) is 0 Å². The lowest BCUT2D eigenvalue weighted by atomic mass is 10.1. The molecule has 0 aliphatic heterocycles. The van der Waals surface area contributed by atoms with E-state index in [9.17, 15) is 0 Å². The summed E-state index contributed by atoms with van der Waals surface area (Å²) in [7, 11) is 0. The highest BCUT2D eigenvalue weighted by Crippen LogP contribution is 2.25. The summed E-state index contributed by atoms with van der Waals surface area (Å²) in [5.74, 6) is 0. The summed E-state index contributed by atoms with van der Waals surface area (Å²) in [6, 6.07) is 12.2. The van der Waals surface area contributed by atoms with E-state index in [4.69, 9.17) is 5.73 Å². The van der Waals surface area contributed by atoms with Crippen LogP contribution in [0, 0.1) is 17.4 Å². The molecule has 0 aliphatic rings. The topological polar surface area (TPSA) is 38.0 Å². The van der Waals surface area contributed by atoms with E-state index in [1.54, 1.807) is 0 Å². The number of aryl methyl sites for hydroxylation is 1. The molecule has 2 rings (SSSR count). The molecule has 2 nitrogen and oxygen atoms in total. The first-order valence-corrected chi connectivity index (χ1v) is 6.54. The van der Waals surface area contributed by atoms with Gasteiger partial charge < -0.3 is 11.1 Å². The molecule has 0 spiro atoms. The van der Waals surface area contributed by atoms with Crippen molar-refractivity contribution in [1.29, 1.82) is 0 Å². The van der Waals surface area contributed by atoms with Crippen LogP contribution in [0.1, 0.15) is 11.1 Å². The van der Waals surface area contributed by atoms with Gasteiger partial charge in [0, 0.05) is 20.6 Å². The molecule has 2 aromatic rings. The smallest absolute Gasteiger partial charge is 0.0424 e. The number of halogens is 1. The highest BCUT2D eigenvalue weighted by Gasteiger charge is 2.02. The van der Waals surface area contributed by atoms with E-state index in [2.05, 4.69) is 59.1 Å². The molecule has 0 bridgehead atoms. The molecule has 2 aromatic carbocycles. The van der Waals surface area contributed by atoms with Crippen molar-refractivity contribution in [2.45, 2.75) is 13.8 Å². The van der Waals surface area contributed by atoms with Crippen molar-refractivity contribution in [3.63, 3.8) is 0 Å². The van der Waals surface area contributed by atoms with Gasteiger partial charge in [0.05, 0.1) is 0 Å². The van der Waals surface area contributed by atoms with Gasteiger partial charge >= 0.3 is 0 Å². The van der Waals surface area contributed by atoms with Gasteiger partial charge in [-0.1, -0.05) is 6.07 Å². The fraction of sp³-hybridized carbons (Fsp3) is 0.143. The first-order chi connectivity index (χ1) is 8.08. The van der Waals surface area contributed by atoms with E-state index in [-0.39, 0.29) is 0 Å². The van der Waals surface area contributed by atoms with Gasteiger partial charge in [0.1, 0.15) is 0 Å². The van der Waals surface area contributed by atoms with Gasteiger partial charge in [-0.15, -0.1) is 0 Å². The summed E-state index contributed by atoms with van der Waals surface area (Å²) < 4.78 is 1.26. The maximum Gasteiger partial charge on any atom is 0.0424 e. The van der Waals surface area contributed by atoms with Gasteiger partial charge in [-0.2, -0.15) is 0 Å². The van der Waals surface area contributed by atoms with Crippen molar-refractivity contribution in [3.8, 4) is 0 Å². The molecule has 0 radical (unpaired) electrons. The number of nitrogens with two attached hydrogens (primary N) is 1. The molecule has 88 valence electrons. The van der Waals surface area contributed by atoms with Crippen LogP contribution < -0.4 is 11.1 Å². The third-order valence-electron chi connectivity index (χ3n) is 2.82. The molecule has 0 unspecified atom stereocenters. The van der Waals surface area contributed by atoms with Crippen molar-refractivity contribution in [2.75, 3.05) is 11.1 Å². The number of anilines is 3. The van der Waals surface area contributed by atoms with Gasteiger partial charge in [-0.3, -0.25) is 0 Å². The van der Waals surface area contributed by atoms with Gasteiger partial charge in [0.15, 0.2) is 0 Å². The summed E-state index contributed by atoms with van der Waals surface area (Å²) >= 11 is 2.34. The molecule has 17 heavy (non-hydrogen) atoms. The molecule has 0 heterocycles. The molecule has 3 heteroatoms. The minimum atomic E-state index is 0.829. The third-order valence-corrected chi connectivity index (χ3v) is 3.99. The van der Waals surface area contributed by atoms with E-state index in [1.165, 1.54) is 9.13 Å². The quantitative estimate of drug-likeness (QED) is 0.635. The molecule has 0 atom stereocenters. The Bertz CT molecular complexity index is 550. The Morgan fingerprint density at radius 3 is 2.59 bits per heavy atom. The number of nitrogen functional groups attached to an aromatic ring is 1. The van der Waals surface area contributed by atoms with Crippen LogP contribution >= 0.6 is 22.6 Å². The minimum Gasteiger partial charge on any atom is -0.399 e. The average molecular weight is 338 g/mol. The predicted octanol–water partition coefficient (Wildman–Crippen LogP) is 4.23. The molecule has 0 aromatic heterocycles. The minimum absolute atomic E-state index is 0.829. The second-order valence-corrected chi connectivity index (χ2v) is 5.27. The van der Waals surface area contributed by atoms with Crippen LogP contribution in [0.5, 0.6) is 0 Å². The van der Waals surface area contributed by atoms with Crippen molar-refractivity contribution >= 4 is 39.7 Å². The number of hydrogen-bond donors (Lipinski definition) is 2. The second-order valence-electron chi connectivity index (χ2n) is 4.11. The molecule has 0 saturated heterocycles. The number of hydrogen-bond acceptors (Lipinski definition) is 2. The zero-order valence-electron chi connectivity index (χ0n) is 9.92. The fourth-order valence-electron chi connectivity index (χ4n) is 1.65. The van der Waals surface area contributed by atoms with Crippen molar-refractivity contribution in [2.24, 2.45) is 0 Å². The lowest BCUT2D eigenvalue weighted by Crippen LogP contribution is -1.96. The summed E-state index contributed by atoms with van der Waals surface area (Å²) in [6.07, 6.45) is 0. The van der Waals surface area contributed by atoms with E-state index in [0.717, 1.165) is 22.6 Å². The number of nitrogens with one attached hydrogen (secondary N) is 1. The molecule has 3 N–H and O–H groups in total. The lowest BCUT2D eigenvalue weighted by Gasteiger charge is -2.12. The zero-order chi connectivity index (χ0) is 12.4. The van der Waals surface area contributed by atoms with Gasteiger partial charge in [-0.05, 0) is 77.9 Å². The van der Waals surface area contributed by atoms with E-state index in [1.807, 2.05) is 19.1 Å². The highest BCUT2D eigenvalue weighted by atomic mass is 127. The lowest BCUT2D eigenvalue weighted by molar-refractivity contribution is 1.39. The summed E-state index contributed by atoms with van der Waals surface area (Å²) in [6.45, 7) is 4.14. The van der Waals surface area contributed by atoms with Gasteiger partial charge in [0.2, 0.25) is 0 Å². The Morgan fingerprint density at radius 2 is 1.88 bits per heavy atom. The number of rotatable bonds is 2. The van der Waals surface area contributed by atoms with Crippen LogP contribution in [-0.4, -0.2) is 0 Å². The molecular formula is C14H15IN2. The molecule has 0 fully saturated rings.